The molecule has 10 heteroatoms. The Morgan fingerprint density at radius 2 is 1.96 bits per heavy atom. The summed E-state index contributed by atoms with van der Waals surface area (Å²) in [6.45, 7) is 0. The van der Waals surface area contributed by atoms with E-state index >= 15 is 0 Å². The number of aromatic nitrogens is 6. The minimum atomic E-state index is -2.81. The molecular weight excluding hydrogens is 352 g/mol. The van der Waals surface area contributed by atoms with Crippen LogP contribution < -0.4 is 0 Å². The van der Waals surface area contributed by atoms with E-state index in [-0.39, 0.29) is 17.9 Å². The van der Waals surface area contributed by atoms with Crippen molar-refractivity contribution >= 4 is 11.0 Å². The number of fused-ring (bicyclic) bond motifs is 1. The molecule has 0 bridgehead atoms. The van der Waals surface area contributed by atoms with Crippen molar-refractivity contribution in [2.75, 3.05) is 0 Å². The van der Waals surface area contributed by atoms with E-state index in [1.807, 2.05) is 0 Å². The number of benzene rings is 1. The van der Waals surface area contributed by atoms with E-state index in [1.54, 1.807) is 12.1 Å². The molecule has 26 heavy (non-hydrogen) atoms. The van der Waals surface area contributed by atoms with Crippen molar-refractivity contribution in [1.29, 1.82) is 0 Å². The highest BCUT2D eigenvalue weighted by molar-refractivity contribution is 5.79. The maximum atomic E-state index is 14.0. The summed E-state index contributed by atoms with van der Waals surface area (Å²) >= 11 is 0. The van der Waals surface area contributed by atoms with Crippen LogP contribution in [0.15, 0.2) is 36.5 Å². The standard InChI is InChI=1S/C16H10F4N6/c17-9-4-1-3-8(12(9)18)7-10-13-11(5-2-6-21-13)26(25-10)16-22-15(14(19)20)23-24-16/h1-6,14H,7H2,(H,22,23,24). The molecule has 0 spiro atoms. The highest BCUT2D eigenvalue weighted by atomic mass is 19.3. The summed E-state index contributed by atoms with van der Waals surface area (Å²) in [7, 11) is 0. The number of alkyl halides is 2. The lowest BCUT2D eigenvalue weighted by Crippen LogP contribution is -2.01. The molecule has 6 nitrogen and oxygen atoms in total. The molecule has 0 radical (unpaired) electrons. The average Bonchev–Trinajstić information content (AvgIpc) is 3.24. The molecule has 0 saturated heterocycles. The molecule has 0 fully saturated rings. The van der Waals surface area contributed by atoms with E-state index in [0.29, 0.717) is 16.7 Å². The van der Waals surface area contributed by atoms with Crippen LogP contribution in [0.5, 0.6) is 0 Å². The van der Waals surface area contributed by atoms with Gasteiger partial charge in [-0.05, 0) is 23.8 Å². The topological polar surface area (TPSA) is 72.3 Å². The Kier molecular flexibility index (Phi) is 3.86. The van der Waals surface area contributed by atoms with Gasteiger partial charge in [0.15, 0.2) is 17.5 Å². The molecule has 0 aliphatic heterocycles. The van der Waals surface area contributed by atoms with Crippen LogP contribution in [0.4, 0.5) is 17.6 Å². The zero-order valence-electron chi connectivity index (χ0n) is 13.0. The van der Waals surface area contributed by atoms with E-state index < -0.39 is 23.9 Å². The molecule has 0 unspecified atom stereocenters. The summed E-state index contributed by atoms with van der Waals surface area (Å²) in [4.78, 5) is 7.91. The van der Waals surface area contributed by atoms with E-state index in [0.717, 1.165) is 6.07 Å². The number of nitrogens with one attached hydrogen (secondary N) is 1. The van der Waals surface area contributed by atoms with Crippen molar-refractivity contribution in [2.45, 2.75) is 12.8 Å². The number of H-pyrrole nitrogens is 1. The predicted octanol–water partition coefficient (Wildman–Crippen LogP) is 3.35. The van der Waals surface area contributed by atoms with Crippen LogP contribution in [0, 0.1) is 11.6 Å². The van der Waals surface area contributed by atoms with Crippen molar-refractivity contribution in [3.63, 3.8) is 0 Å². The molecule has 3 heterocycles. The van der Waals surface area contributed by atoms with Crippen LogP contribution >= 0.6 is 0 Å². The minimum Gasteiger partial charge on any atom is -0.256 e. The summed E-state index contributed by atoms with van der Waals surface area (Å²) in [5.41, 5.74) is 1.32. The van der Waals surface area contributed by atoms with E-state index in [1.165, 1.54) is 23.0 Å². The zero-order chi connectivity index (χ0) is 18.3. The number of aromatic amines is 1. The first-order valence-corrected chi connectivity index (χ1v) is 7.51. The Bertz CT molecular complexity index is 1090. The normalized spacial score (nSPS) is 11.6. The molecule has 1 aromatic carbocycles. The summed E-state index contributed by atoms with van der Waals surface area (Å²) in [5, 5.41) is 10.1. The molecule has 3 aromatic heterocycles. The first-order valence-electron chi connectivity index (χ1n) is 7.51. The van der Waals surface area contributed by atoms with Gasteiger partial charge in [0.05, 0.1) is 11.2 Å². The van der Waals surface area contributed by atoms with Gasteiger partial charge in [0.25, 0.3) is 12.4 Å². The number of pyridine rings is 1. The number of halogens is 4. The van der Waals surface area contributed by atoms with Gasteiger partial charge in [0, 0.05) is 12.6 Å². The summed E-state index contributed by atoms with van der Waals surface area (Å²) in [6, 6.07) is 7.14. The Morgan fingerprint density at radius 3 is 2.73 bits per heavy atom. The largest absolute Gasteiger partial charge is 0.296 e. The Balaban J connectivity index is 1.82. The van der Waals surface area contributed by atoms with E-state index in [2.05, 4.69) is 25.3 Å². The lowest BCUT2D eigenvalue weighted by Gasteiger charge is -2.01. The van der Waals surface area contributed by atoms with Crippen molar-refractivity contribution < 1.29 is 17.6 Å². The maximum Gasteiger partial charge on any atom is 0.296 e. The fourth-order valence-corrected chi connectivity index (χ4v) is 2.61. The molecule has 1 N–H and O–H groups in total. The fourth-order valence-electron chi connectivity index (χ4n) is 2.61. The number of rotatable bonds is 4. The SMILES string of the molecule is Fc1cccc(Cc2nn(-c3n[nH]c(C(F)F)n3)c3cccnc23)c1F. The van der Waals surface area contributed by atoms with Gasteiger partial charge in [0.2, 0.25) is 0 Å². The lowest BCUT2D eigenvalue weighted by atomic mass is 10.1. The monoisotopic (exact) mass is 362 g/mol. The Labute approximate surface area is 143 Å². The summed E-state index contributed by atoms with van der Waals surface area (Å²) < 4.78 is 54.1. The second kappa shape index (κ2) is 6.21. The van der Waals surface area contributed by atoms with Crippen molar-refractivity contribution in [2.24, 2.45) is 0 Å². The van der Waals surface area contributed by atoms with Gasteiger partial charge in [0.1, 0.15) is 5.52 Å². The maximum absolute atomic E-state index is 14.0. The van der Waals surface area contributed by atoms with Crippen LogP contribution in [0.1, 0.15) is 23.5 Å². The van der Waals surface area contributed by atoms with Gasteiger partial charge in [-0.25, -0.2) is 17.6 Å². The quantitative estimate of drug-likeness (QED) is 0.565. The Hall–Kier alpha value is -3.30. The number of hydrogen-bond donors (Lipinski definition) is 1. The lowest BCUT2D eigenvalue weighted by molar-refractivity contribution is 0.141. The zero-order valence-corrected chi connectivity index (χ0v) is 13.0. The molecule has 0 amide bonds. The first-order chi connectivity index (χ1) is 12.5. The summed E-state index contributed by atoms with van der Waals surface area (Å²) in [6.07, 6.45) is -1.32. The fraction of sp³-hybridized carbons (Fsp3) is 0.125. The molecular formula is C16H10F4N6. The third kappa shape index (κ3) is 2.68. The second-order valence-corrected chi connectivity index (χ2v) is 5.44. The minimum absolute atomic E-state index is 0.0315. The van der Waals surface area contributed by atoms with Crippen LogP contribution in [-0.2, 0) is 6.42 Å². The van der Waals surface area contributed by atoms with Gasteiger partial charge in [-0.1, -0.05) is 12.1 Å². The Morgan fingerprint density at radius 1 is 1.12 bits per heavy atom. The predicted molar refractivity (Wildman–Crippen MR) is 82.9 cm³/mol. The summed E-state index contributed by atoms with van der Waals surface area (Å²) in [5.74, 6) is -2.62. The molecule has 4 rings (SSSR count). The molecule has 0 atom stereocenters. The van der Waals surface area contributed by atoms with Gasteiger partial charge in [-0.2, -0.15) is 14.8 Å². The van der Waals surface area contributed by atoms with Crippen LogP contribution in [0.25, 0.3) is 17.0 Å². The van der Waals surface area contributed by atoms with Crippen LogP contribution in [-0.4, -0.2) is 29.9 Å². The van der Waals surface area contributed by atoms with Gasteiger partial charge < -0.3 is 0 Å². The van der Waals surface area contributed by atoms with Crippen LogP contribution in [0.2, 0.25) is 0 Å². The first kappa shape index (κ1) is 16.2. The number of nitrogens with zero attached hydrogens (tertiary/aromatic N) is 5. The second-order valence-electron chi connectivity index (χ2n) is 5.44. The average molecular weight is 362 g/mol. The molecule has 0 saturated carbocycles. The number of hydrogen-bond acceptors (Lipinski definition) is 4. The van der Waals surface area contributed by atoms with Crippen molar-refractivity contribution in [3.05, 3.63) is 65.2 Å². The molecule has 4 aromatic rings. The molecule has 0 aliphatic carbocycles. The van der Waals surface area contributed by atoms with Crippen LogP contribution in [0.3, 0.4) is 0 Å². The van der Waals surface area contributed by atoms with Gasteiger partial charge >= 0.3 is 0 Å². The highest BCUT2D eigenvalue weighted by Gasteiger charge is 2.20. The van der Waals surface area contributed by atoms with Crippen molar-refractivity contribution in [1.82, 2.24) is 29.9 Å². The van der Waals surface area contributed by atoms with E-state index in [4.69, 9.17) is 0 Å². The van der Waals surface area contributed by atoms with Gasteiger partial charge in [-0.15, -0.1) is 5.10 Å². The third-order valence-electron chi connectivity index (χ3n) is 3.79. The molecule has 0 aliphatic rings. The smallest absolute Gasteiger partial charge is 0.256 e. The van der Waals surface area contributed by atoms with Gasteiger partial charge in [-0.3, -0.25) is 10.1 Å². The highest BCUT2D eigenvalue weighted by Crippen LogP contribution is 2.23. The molecule has 132 valence electrons. The third-order valence-corrected chi connectivity index (χ3v) is 3.79. The van der Waals surface area contributed by atoms with E-state index in [9.17, 15) is 17.6 Å². The van der Waals surface area contributed by atoms with Crippen molar-refractivity contribution in [3.8, 4) is 5.95 Å².